The van der Waals surface area contributed by atoms with Crippen molar-refractivity contribution in [3.63, 3.8) is 0 Å². The number of halogens is 2. The Morgan fingerprint density at radius 1 is 1.06 bits per heavy atom. The van der Waals surface area contributed by atoms with E-state index in [-0.39, 0.29) is 29.6 Å². The van der Waals surface area contributed by atoms with Crippen LogP contribution in [0.15, 0.2) is 6.33 Å². The average molecular weight is 435 g/mol. The molecule has 6 nitrogen and oxygen atoms in total. The number of nitrogens with zero attached hydrogens (tertiary/aromatic N) is 4. The number of Topliss-reactive ketones (excluding diaryl/α,β-unsaturated/α-hetero) is 1. The predicted octanol–water partition coefficient (Wildman–Crippen LogP) is 3.36. The lowest BCUT2D eigenvalue weighted by Crippen LogP contribution is -2.53. The zero-order valence-corrected chi connectivity index (χ0v) is 18.3. The molecule has 0 amide bonds. The second kappa shape index (κ2) is 6.33. The first-order valence-electron chi connectivity index (χ1n) is 12.0. The van der Waals surface area contributed by atoms with Crippen LogP contribution in [0.5, 0.6) is 0 Å². The Morgan fingerprint density at radius 3 is 2.58 bits per heavy atom. The van der Waals surface area contributed by atoms with Gasteiger partial charge in [-0.25, -0.2) is 8.78 Å². The lowest BCUT2D eigenvalue weighted by Gasteiger charge is -2.57. The molecule has 1 heterocycles. The SMILES string of the molecule is C[C@@]1(O)CC[C@H]2[C@H](CC[C@@H]3[C@@H]2CC[C@@]2(C)[C@H]3[C@H]3[C@@H]([C@@H]2C(=O)Cn2ncnn2)C3(F)F)C1. The van der Waals surface area contributed by atoms with Gasteiger partial charge in [-0.2, -0.15) is 4.80 Å². The summed E-state index contributed by atoms with van der Waals surface area (Å²) < 4.78 is 30.1. The van der Waals surface area contributed by atoms with Crippen molar-refractivity contribution in [3.8, 4) is 0 Å². The van der Waals surface area contributed by atoms with Gasteiger partial charge in [-0.05, 0) is 92.1 Å². The molecule has 0 aromatic carbocycles. The molecule has 0 radical (unpaired) electrons. The van der Waals surface area contributed by atoms with Crippen molar-refractivity contribution in [2.75, 3.05) is 0 Å². The van der Waals surface area contributed by atoms with Crippen molar-refractivity contribution in [1.29, 1.82) is 0 Å². The highest BCUT2D eigenvalue weighted by atomic mass is 19.3. The number of ketones is 1. The highest BCUT2D eigenvalue weighted by Crippen LogP contribution is 2.79. The van der Waals surface area contributed by atoms with Gasteiger partial charge in [0.25, 0.3) is 5.92 Å². The Kier molecular flexibility index (Phi) is 4.12. The first kappa shape index (κ1) is 20.2. The van der Waals surface area contributed by atoms with Gasteiger partial charge in [0.2, 0.25) is 0 Å². The van der Waals surface area contributed by atoms with Crippen LogP contribution in [0, 0.1) is 52.8 Å². The Labute approximate surface area is 181 Å². The fraction of sp³-hybridized carbons (Fsp3) is 0.913. The van der Waals surface area contributed by atoms with E-state index >= 15 is 8.78 Å². The maximum Gasteiger partial charge on any atom is 0.255 e. The summed E-state index contributed by atoms with van der Waals surface area (Å²) in [4.78, 5) is 14.5. The van der Waals surface area contributed by atoms with Gasteiger partial charge in [0.15, 0.2) is 12.1 Å². The number of tetrazole rings is 1. The van der Waals surface area contributed by atoms with E-state index < -0.39 is 29.3 Å². The highest BCUT2D eigenvalue weighted by molar-refractivity contribution is 5.83. The summed E-state index contributed by atoms with van der Waals surface area (Å²) in [5.41, 5.74) is -0.936. The summed E-state index contributed by atoms with van der Waals surface area (Å²) in [6.45, 7) is 3.99. The minimum absolute atomic E-state index is 0.0693. The molecular weight excluding hydrogens is 402 g/mol. The number of hydrogen-bond donors (Lipinski definition) is 1. The van der Waals surface area contributed by atoms with Crippen LogP contribution in [-0.4, -0.2) is 42.6 Å². The second-order valence-electron chi connectivity index (χ2n) is 11.8. The molecule has 6 rings (SSSR count). The third-order valence-electron chi connectivity index (χ3n) is 10.2. The summed E-state index contributed by atoms with van der Waals surface area (Å²) in [6, 6.07) is 0. The number of aromatic nitrogens is 4. The fourth-order valence-electron chi connectivity index (χ4n) is 9.14. The zero-order chi connectivity index (χ0) is 21.8. The first-order valence-corrected chi connectivity index (χ1v) is 12.0. The van der Waals surface area contributed by atoms with E-state index in [4.69, 9.17) is 0 Å². The second-order valence-corrected chi connectivity index (χ2v) is 11.8. The van der Waals surface area contributed by atoms with Crippen molar-refractivity contribution in [2.24, 2.45) is 52.8 Å². The Balaban J connectivity index is 1.29. The number of alkyl halides is 2. The third kappa shape index (κ3) is 2.75. The number of carbonyl (C=O) groups is 1. The topological polar surface area (TPSA) is 80.9 Å². The Morgan fingerprint density at radius 2 is 1.84 bits per heavy atom. The van der Waals surface area contributed by atoms with Crippen LogP contribution in [0.3, 0.4) is 0 Å². The minimum Gasteiger partial charge on any atom is -0.390 e. The van der Waals surface area contributed by atoms with E-state index in [1.165, 1.54) is 11.1 Å². The zero-order valence-electron chi connectivity index (χ0n) is 18.3. The molecule has 0 bridgehead atoms. The number of rotatable bonds is 3. The highest BCUT2D eigenvalue weighted by Gasteiger charge is 2.84. The lowest BCUT2D eigenvalue weighted by molar-refractivity contribution is -0.146. The van der Waals surface area contributed by atoms with Gasteiger partial charge in [-0.1, -0.05) is 6.92 Å². The van der Waals surface area contributed by atoms with Gasteiger partial charge in [0, 0.05) is 17.8 Å². The molecule has 0 aliphatic heterocycles. The molecule has 5 aliphatic rings. The number of hydrogen-bond acceptors (Lipinski definition) is 5. The molecule has 1 aromatic heterocycles. The summed E-state index contributed by atoms with van der Waals surface area (Å²) >= 11 is 0. The Bertz CT molecular complexity index is 890. The van der Waals surface area contributed by atoms with Crippen molar-refractivity contribution in [1.82, 2.24) is 20.2 Å². The molecule has 10 atom stereocenters. The van der Waals surface area contributed by atoms with Crippen molar-refractivity contribution in [2.45, 2.75) is 76.9 Å². The van der Waals surface area contributed by atoms with Crippen LogP contribution >= 0.6 is 0 Å². The van der Waals surface area contributed by atoms with Crippen LogP contribution in [0.25, 0.3) is 0 Å². The molecule has 1 aromatic rings. The maximum atomic E-state index is 15.0. The number of aliphatic hydroxyl groups is 1. The van der Waals surface area contributed by atoms with Crippen LogP contribution in [-0.2, 0) is 11.3 Å². The quantitative estimate of drug-likeness (QED) is 0.789. The lowest BCUT2D eigenvalue weighted by atomic mass is 9.47. The van der Waals surface area contributed by atoms with Crippen LogP contribution in [0.2, 0.25) is 0 Å². The average Bonchev–Trinajstić information content (AvgIpc) is 3.08. The molecule has 8 heteroatoms. The standard InChI is InChI=1S/C23H32F2N4O2/c1-21(31)7-5-13-12(9-21)3-4-15-14(13)6-8-22(2)17(15)19-20(23(19,24)25)18(22)16(30)10-29-27-11-26-28-29/h11-15,17-20,31H,3-10H2,1-2H3/t12-,13+,14-,15-,17-,18+,19+,20-,21-,22+/m1/s1. The van der Waals surface area contributed by atoms with Crippen molar-refractivity contribution < 1.29 is 18.7 Å². The Hall–Kier alpha value is -1.44. The van der Waals surface area contributed by atoms with Crippen molar-refractivity contribution >= 4 is 5.78 Å². The van der Waals surface area contributed by atoms with E-state index in [1.807, 2.05) is 6.92 Å². The van der Waals surface area contributed by atoms with Gasteiger partial charge in [0.1, 0.15) is 6.54 Å². The van der Waals surface area contributed by atoms with Crippen LogP contribution in [0.4, 0.5) is 8.78 Å². The van der Waals surface area contributed by atoms with Gasteiger partial charge >= 0.3 is 0 Å². The molecular formula is C23H32F2N4O2. The summed E-state index contributed by atoms with van der Waals surface area (Å²) in [5, 5.41) is 21.9. The normalized spacial score (nSPS) is 51.9. The minimum atomic E-state index is -2.73. The number of fused-ring (bicyclic) bond motifs is 7. The molecule has 1 N–H and O–H groups in total. The predicted molar refractivity (Wildman–Crippen MR) is 107 cm³/mol. The number of carbonyl (C=O) groups excluding carboxylic acids is 1. The van der Waals surface area contributed by atoms with Crippen LogP contribution in [0.1, 0.15) is 58.8 Å². The van der Waals surface area contributed by atoms with Gasteiger partial charge in [0.05, 0.1) is 5.60 Å². The van der Waals surface area contributed by atoms with E-state index in [0.29, 0.717) is 17.8 Å². The third-order valence-corrected chi connectivity index (χ3v) is 10.2. The van der Waals surface area contributed by atoms with E-state index in [2.05, 4.69) is 22.3 Å². The monoisotopic (exact) mass is 434 g/mol. The molecule has 5 fully saturated rings. The molecule has 5 saturated carbocycles. The molecule has 0 spiro atoms. The van der Waals surface area contributed by atoms with E-state index in [0.717, 1.165) is 44.9 Å². The molecule has 0 saturated heterocycles. The van der Waals surface area contributed by atoms with Gasteiger partial charge in [-0.3, -0.25) is 4.79 Å². The summed E-state index contributed by atoms with van der Waals surface area (Å²) in [5.74, 6) is -3.23. The maximum absolute atomic E-state index is 15.0. The first-order chi connectivity index (χ1) is 14.6. The molecule has 0 unspecified atom stereocenters. The van der Waals surface area contributed by atoms with Gasteiger partial charge < -0.3 is 5.11 Å². The van der Waals surface area contributed by atoms with E-state index in [1.54, 1.807) is 0 Å². The summed E-state index contributed by atoms with van der Waals surface area (Å²) in [6.07, 6.45) is 7.80. The fourth-order valence-corrected chi connectivity index (χ4v) is 9.14. The largest absolute Gasteiger partial charge is 0.390 e. The molecule has 170 valence electrons. The van der Waals surface area contributed by atoms with Crippen LogP contribution < -0.4 is 0 Å². The summed E-state index contributed by atoms with van der Waals surface area (Å²) in [7, 11) is 0. The molecule has 31 heavy (non-hydrogen) atoms. The smallest absolute Gasteiger partial charge is 0.255 e. The van der Waals surface area contributed by atoms with Crippen molar-refractivity contribution in [3.05, 3.63) is 6.33 Å². The van der Waals surface area contributed by atoms with E-state index in [9.17, 15) is 9.90 Å². The molecule has 5 aliphatic carbocycles. The van der Waals surface area contributed by atoms with Gasteiger partial charge in [-0.15, -0.1) is 10.2 Å².